The molecule has 0 aliphatic rings. The lowest BCUT2D eigenvalue weighted by Gasteiger charge is -2.13. The zero-order valence-electron chi connectivity index (χ0n) is 12.8. The Kier molecular flexibility index (Phi) is 4.22. The molecule has 0 unspecified atom stereocenters. The van der Waals surface area contributed by atoms with Gasteiger partial charge in [0.05, 0.1) is 23.0 Å². The van der Waals surface area contributed by atoms with Gasteiger partial charge in [0.15, 0.2) is 5.76 Å². The van der Waals surface area contributed by atoms with E-state index in [1.54, 1.807) is 24.3 Å². The number of para-hydroxylation sites is 2. The van der Waals surface area contributed by atoms with Gasteiger partial charge >= 0.3 is 6.18 Å². The molecule has 0 aliphatic heterocycles. The number of alkyl halides is 3. The van der Waals surface area contributed by atoms with Crippen LogP contribution in [0, 0.1) is 0 Å². The summed E-state index contributed by atoms with van der Waals surface area (Å²) in [6, 6.07) is 9.34. The van der Waals surface area contributed by atoms with Crippen LogP contribution in [-0.4, -0.2) is 15.5 Å². The Morgan fingerprint density at radius 2 is 1.96 bits per heavy atom. The third-order valence-electron chi connectivity index (χ3n) is 3.38. The van der Waals surface area contributed by atoms with Gasteiger partial charge in [0.1, 0.15) is 6.54 Å². The van der Waals surface area contributed by atoms with E-state index in [9.17, 15) is 18.0 Å². The molecule has 130 valence electrons. The third-order valence-corrected chi connectivity index (χ3v) is 3.38. The zero-order chi connectivity index (χ0) is 18.0. The molecule has 1 amide bonds. The minimum Gasteiger partial charge on any atom is -0.463 e. The molecule has 2 aromatic heterocycles. The minimum atomic E-state index is -4.68. The van der Waals surface area contributed by atoms with Crippen molar-refractivity contribution in [2.45, 2.75) is 12.7 Å². The number of hydrazine groups is 1. The first-order valence-corrected chi connectivity index (χ1v) is 7.16. The second-order valence-electron chi connectivity index (χ2n) is 5.14. The molecule has 0 radical (unpaired) electrons. The summed E-state index contributed by atoms with van der Waals surface area (Å²) in [5.74, 6) is -1.43. The molecule has 0 saturated heterocycles. The maximum absolute atomic E-state index is 13.2. The number of imidazole rings is 1. The van der Waals surface area contributed by atoms with E-state index in [4.69, 9.17) is 4.42 Å². The molecule has 3 aromatic rings. The van der Waals surface area contributed by atoms with Crippen molar-refractivity contribution in [2.75, 3.05) is 0 Å². The van der Waals surface area contributed by atoms with Crippen molar-refractivity contribution < 1.29 is 22.4 Å². The predicted octanol–water partition coefficient (Wildman–Crippen LogP) is 2.94. The molecule has 9 heteroatoms. The van der Waals surface area contributed by atoms with Crippen molar-refractivity contribution in [1.29, 1.82) is 0 Å². The van der Waals surface area contributed by atoms with Gasteiger partial charge in [-0.15, -0.1) is 0 Å². The van der Waals surface area contributed by atoms with Crippen molar-refractivity contribution in [3.05, 3.63) is 60.8 Å². The van der Waals surface area contributed by atoms with Gasteiger partial charge in [-0.05, 0) is 24.3 Å². The Hall–Kier alpha value is -3.23. The van der Waals surface area contributed by atoms with Crippen LogP contribution >= 0.6 is 0 Å². The van der Waals surface area contributed by atoms with E-state index in [-0.39, 0.29) is 16.7 Å². The Bertz CT molecular complexity index is 913. The highest BCUT2D eigenvalue weighted by atomic mass is 19.4. The van der Waals surface area contributed by atoms with E-state index in [2.05, 4.69) is 22.4 Å². The molecule has 25 heavy (non-hydrogen) atoms. The number of hydrogen-bond donors (Lipinski definition) is 2. The molecular formula is C16H13F3N4O2. The topological polar surface area (TPSA) is 72.1 Å². The van der Waals surface area contributed by atoms with Crippen LogP contribution in [0.3, 0.4) is 0 Å². The lowest BCUT2D eigenvalue weighted by atomic mass is 10.3. The second-order valence-corrected chi connectivity index (χ2v) is 5.14. The van der Waals surface area contributed by atoms with Crippen molar-refractivity contribution in [1.82, 2.24) is 20.4 Å². The van der Waals surface area contributed by atoms with Gasteiger partial charge in [0.2, 0.25) is 5.82 Å². The fourth-order valence-corrected chi connectivity index (χ4v) is 2.29. The maximum atomic E-state index is 13.2. The van der Waals surface area contributed by atoms with Gasteiger partial charge < -0.3 is 8.98 Å². The summed E-state index contributed by atoms with van der Waals surface area (Å²) in [6.07, 6.45) is -3.25. The molecule has 0 fully saturated rings. The van der Waals surface area contributed by atoms with Gasteiger partial charge in [-0.25, -0.2) is 4.98 Å². The number of amides is 1. The van der Waals surface area contributed by atoms with Crippen molar-refractivity contribution in [3.8, 4) is 0 Å². The number of halogens is 3. The molecule has 3 rings (SSSR count). The van der Waals surface area contributed by atoms with Crippen LogP contribution in [0.15, 0.2) is 53.7 Å². The van der Waals surface area contributed by atoms with Crippen molar-refractivity contribution >= 4 is 22.6 Å². The van der Waals surface area contributed by atoms with Crippen LogP contribution in [0.1, 0.15) is 11.6 Å². The number of carbonyl (C=O) groups is 1. The molecular weight excluding hydrogens is 337 g/mol. The van der Waals surface area contributed by atoms with Gasteiger partial charge in [-0.3, -0.25) is 15.6 Å². The summed E-state index contributed by atoms with van der Waals surface area (Å²) in [6.45, 7) is 3.09. The Morgan fingerprint density at radius 1 is 1.20 bits per heavy atom. The highest BCUT2D eigenvalue weighted by Crippen LogP contribution is 2.31. The number of nitrogens with one attached hydrogen (secondary N) is 2. The molecule has 0 aliphatic carbocycles. The quantitative estimate of drug-likeness (QED) is 0.694. The number of nitrogens with zero attached hydrogens (tertiary/aromatic N) is 2. The van der Waals surface area contributed by atoms with Crippen molar-refractivity contribution in [2.24, 2.45) is 0 Å². The number of hydrogen-bond acceptors (Lipinski definition) is 4. The summed E-state index contributed by atoms with van der Waals surface area (Å²) >= 11 is 0. The van der Waals surface area contributed by atoms with Crippen LogP contribution in [0.5, 0.6) is 0 Å². The molecule has 6 nitrogen and oxygen atoms in total. The zero-order valence-corrected chi connectivity index (χ0v) is 12.8. The maximum Gasteiger partial charge on any atom is 0.449 e. The van der Waals surface area contributed by atoms with Crippen LogP contribution in [0.25, 0.3) is 16.7 Å². The molecule has 0 spiro atoms. The highest BCUT2D eigenvalue weighted by Gasteiger charge is 2.37. The average Bonchev–Trinajstić information content (AvgIpc) is 3.20. The summed E-state index contributed by atoms with van der Waals surface area (Å²) in [5.41, 5.74) is 5.44. The van der Waals surface area contributed by atoms with E-state index in [1.807, 2.05) is 0 Å². The third kappa shape index (κ3) is 3.49. The first-order valence-electron chi connectivity index (χ1n) is 7.16. The fraction of sp³-hybridized carbons (Fsp3) is 0.125. The molecule has 2 heterocycles. The number of rotatable bonds is 5. The average molecular weight is 350 g/mol. The predicted molar refractivity (Wildman–Crippen MR) is 83.8 cm³/mol. The standard InChI is InChI=1S/C16H13F3N4O2/c1-10(13-7-4-8-25-13)21-22-14(24)9-23-12-6-3-2-5-11(12)20-15(23)16(17,18)19/h2-8,21H,1,9H2,(H,22,24). The number of furan rings is 1. The van der Waals surface area contributed by atoms with Crippen molar-refractivity contribution in [3.63, 3.8) is 0 Å². The SMILES string of the molecule is C=C(NNC(=O)Cn1c(C(F)(F)F)nc2ccccc21)c1ccco1. The van der Waals surface area contributed by atoms with Gasteiger partial charge in [-0.2, -0.15) is 13.2 Å². The van der Waals surface area contributed by atoms with Crippen LogP contribution in [0.2, 0.25) is 0 Å². The first kappa shape index (κ1) is 16.6. The lowest BCUT2D eigenvalue weighted by molar-refractivity contribution is -0.147. The molecule has 2 N–H and O–H groups in total. The number of fused-ring (bicyclic) bond motifs is 1. The van der Waals surface area contributed by atoms with E-state index in [0.717, 1.165) is 4.57 Å². The summed E-state index contributed by atoms with van der Waals surface area (Å²) in [4.78, 5) is 15.6. The number of benzene rings is 1. The molecule has 0 bridgehead atoms. The van der Waals surface area contributed by atoms with Gasteiger partial charge in [-0.1, -0.05) is 18.7 Å². The van der Waals surface area contributed by atoms with E-state index in [0.29, 0.717) is 5.76 Å². The largest absolute Gasteiger partial charge is 0.463 e. The van der Waals surface area contributed by atoms with E-state index in [1.165, 1.54) is 18.4 Å². The van der Waals surface area contributed by atoms with Gasteiger partial charge in [0.25, 0.3) is 5.91 Å². The summed E-state index contributed by atoms with van der Waals surface area (Å²) in [5, 5.41) is 0. The monoisotopic (exact) mass is 350 g/mol. The lowest BCUT2D eigenvalue weighted by Crippen LogP contribution is -2.38. The van der Waals surface area contributed by atoms with Crippen LogP contribution < -0.4 is 10.9 Å². The molecule has 0 atom stereocenters. The highest BCUT2D eigenvalue weighted by molar-refractivity contribution is 5.81. The normalized spacial score (nSPS) is 11.5. The van der Waals surface area contributed by atoms with Crippen LogP contribution in [-0.2, 0) is 17.5 Å². The summed E-state index contributed by atoms with van der Waals surface area (Å²) < 4.78 is 45.4. The minimum absolute atomic E-state index is 0.163. The number of carbonyl (C=O) groups excluding carboxylic acids is 1. The van der Waals surface area contributed by atoms with Gasteiger partial charge in [0, 0.05) is 0 Å². The Labute approximate surface area is 139 Å². The Balaban J connectivity index is 1.77. The van der Waals surface area contributed by atoms with E-state index >= 15 is 0 Å². The molecule has 1 aromatic carbocycles. The first-order chi connectivity index (χ1) is 11.9. The second kappa shape index (κ2) is 6.34. The number of aromatic nitrogens is 2. The summed E-state index contributed by atoms with van der Waals surface area (Å²) in [7, 11) is 0. The smallest absolute Gasteiger partial charge is 0.449 e. The van der Waals surface area contributed by atoms with E-state index < -0.39 is 24.5 Å². The Morgan fingerprint density at radius 3 is 2.64 bits per heavy atom. The fourth-order valence-electron chi connectivity index (χ4n) is 2.29. The van der Waals surface area contributed by atoms with Crippen LogP contribution in [0.4, 0.5) is 13.2 Å². The molecule has 0 saturated carbocycles.